The van der Waals surface area contributed by atoms with Crippen LogP contribution in [-0.4, -0.2) is 54.3 Å². The van der Waals surface area contributed by atoms with Crippen molar-refractivity contribution in [2.24, 2.45) is 10.7 Å². The second-order valence-corrected chi connectivity index (χ2v) is 7.23. The van der Waals surface area contributed by atoms with E-state index in [0.717, 1.165) is 17.7 Å². The number of aliphatic hydroxyl groups excluding tert-OH is 1. The molecular weight excluding hydrogens is 352 g/mol. The average molecular weight is 375 g/mol. The van der Waals surface area contributed by atoms with Gasteiger partial charge >= 0.3 is 6.09 Å². The lowest BCUT2D eigenvalue weighted by molar-refractivity contribution is 0.0963. The molecule has 2 heterocycles. The summed E-state index contributed by atoms with van der Waals surface area (Å²) in [5.74, 6) is 0.297. The summed E-state index contributed by atoms with van der Waals surface area (Å²) in [5.41, 5.74) is 5.88. The Labute approximate surface area is 150 Å². The van der Waals surface area contributed by atoms with Crippen molar-refractivity contribution >= 4 is 35.0 Å². The lowest BCUT2D eigenvalue weighted by atomic mass is 10.1. The highest BCUT2D eigenvalue weighted by atomic mass is 35.5. The van der Waals surface area contributed by atoms with E-state index in [0.29, 0.717) is 30.0 Å². The number of carbonyl (C=O) groups is 1. The minimum absolute atomic E-state index is 0.160. The minimum atomic E-state index is -0.714. The summed E-state index contributed by atoms with van der Waals surface area (Å²) in [6.45, 7) is 3.61. The minimum Gasteiger partial charge on any atom is -0.450 e. The first-order chi connectivity index (χ1) is 11.5. The number of carbonyl (C=O) groups excluding carboxylic acids is 1. The number of hydrogen-bond donors (Lipinski definition) is 3. The molecule has 1 atom stereocenters. The summed E-state index contributed by atoms with van der Waals surface area (Å²) in [5, 5.41) is 13.2. The summed E-state index contributed by atoms with van der Waals surface area (Å²) < 4.78 is 5.62. The van der Waals surface area contributed by atoms with Crippen LogP contribution in [0, 0.1) is 0 Å². The molecule has 24 heavy (non-hydrogen) atoms. The van der Waals surface area contributed by atoms with Crippen molar-refractivity contribution in [1.82, 2.24) is 10.2 Å². The van der Waals surface area contributed by atoms with Gasteiger partial charge in [-0.2, -0.15) is 0 Å². The molecule has 1 fully saturated rings. The number of nitrogens with zero attached hydrogens (tertiary/aromatic N) is 2. The molecule has 0 radical (unpaired) electrons. The van der Waals surface area contributed by atoms with Gasteiger partial charge in [-0.1, -0.05) is 11.6 Å². The topological polar surface area (TPSA) is 100 Å². The van der Waals surface area contributed by atoms with E-state index in [1.54, 1.807) is 24.0 Å². The van der Waals surface area contributed by atoms with E-state index in [-0.39, 0.29) is 18.7 Å². The predicted octanol–water partition coefficient (Wildman–Crippen LogP) is 1.96. The molecular formula is C15H23ClN4O3S. The van der Waals surface area contributed by atoms with Crippen molar-refractivity contribution in [3.8, 4) is 0 Å². The predicted molar refractivity (Wildman–Crippen MR) is 95.5 cm³/mol. The smallest absolute Gasteiger partial charge is 0.409 e. The average Bonchev–Trinajstić information content (AvgIpc) is 3.00. The van der Waals surface area contributed by atoms with Gasteiger partial charge in [-0.25, -0.2) is 4.79 Å². The standard InChI is InChI=1S/C15H23ClN4O3S/c1-2-23-15(22)20-7-5-10(6-8-20)19-14(17)18-9-11(21)12-3-4-13(16)24-12/h3-4,10-11,21H,2,5-9H2,1H3,(H3,17,18,19). The first kappa shape index (κ1) is 18.8. The van der Waals surface area contributed by atoms with Crippen LogP contribution in [0.25, 0.3) is 0 Å². The van der Waals surface area contributed by atoms with E-state index >= 15 is 0 Å². The quantitative estimate of drug-likeness (QED) is 0.540. The number of guanidine groups is 1. The van der Waals surface area contributed by atoms with Crippen LogP contribution in [0.1, 0.15) is 30.7 Å². The maximum absolute atomic E-state index is 11.6. The third kappa shape index (κ3) is 5.54. The zero-order valence-corrected chi connectivity index (χ0v) is 15.1. The molecule has 1 aromatic heterocycles. The molecule has 7 nitrogen and oxygen atoms in total. The van der Waals surface area contributed by atoms with Crippen LogP contribution < -0.4 is 11.1 Å². The fourth-order valence-electron chi connectivity index (χ4n) is 2.46. The van der Waals surface area contributed by atoms with Crippen LogP contribution in [0.2, 0.25) is 4.34 Å². The fourth-order valence-corrected chi connectivity index (χ4v) is 3.50. The zero-order valence-electron chi connectivity index (χ0n) is 13.6. The molecule has 1 unspecified atom stereocenters. The third-order valence-corrected chi connectivity index (χ3v) is 5.06. The summed E-state index contributed by atoms with van der Waals surface area (Å²) in [7, 11) is 0. The molecule has 1 aliphatic heterocycles. The van der Waals surface area contributed by atoms with E-state index in [2.05, 4.69) is 10.3 Å². The Bertz CT molecular complexity index is 573. The normalized spacial score (nSPS) is 17.6. The molecule has 134 valence electrons. The number of rotatable bonds is 5. The van der Waals surface area contributed by atoms with E-state index in [4.69, 9.17) is 22.1 Å². The van der Waals surface area contributed by atoms with Crippen molar-refractivity contribution in [3.63, 3.8) is 0 Å². The summed E-state index contributed by atoms with van der Waals surface area (Å²) in [4.78, 5) is 18.3. The molecule has 9 heteroatoms. The lowest BCUT2D eigenvalue weighted by Gasteiger charge is -2.31. The van der Waals surface area contributed by atoms with Crippen molar-refractivity contribution in [2.45, 2.75) is 31.9 Å². The Morgan fingerprint density at radius 2 is 2.29 bits per heavy atom. The van der Waals surface area contributed by atoms with Crippen LogP contribution in [0.5, 0.6) is 0 Å². The number of aliphatic hydroxyl groups is 1. The number of likely N-dealkylation sites (tertiary alicyclic amines) is 1. The molecule has 1 amide bonds. The molecule has 0 spiro atoms. The summed E-state index contributed by atoms with van der Waals surface area (Å²) in [6.07, 6.45) is 0.569. The molecule has 0 aliphatic carbocycles. The van der Waals surface area contributed by atoms with Crippen LogP contribution in [0.4, 0.5) is 4.79 Å². The Hall–Kier alpha value is -1.51. The van der Waals surface area contributed by atoms with Crippen molar-refractivity contribution in [3.05, 3.63) is 21.3 Å². The molecule has 0 saturated carbocycles. The number of halogens is 1. The maximum Gasteiger partial charge on any atom is 0.409 e. The van der Waals surface area contributed by atoms with Gasteiger partial charge in [0, 0.05) is 24.0 Å². The number of nitrogens with one attached hydrogen (secondary N) is 1. The highest BCUT2D eigenvalue weighted by Crippen LogP contribution is 2.26. The highest BCUT2D eigenvalue weighted by Gasteiger charge is 2.23. The highest BCUT2D eigenvalue weighted by molar-refractivity contribution is 7.16. The molecule has 4 N–H and O–H groups in total. The maximum atomic E-state index is 11.6. The fraction of sp³-hybridized carbons (Fsp3) is 0.600. The van der Waals surface area contributed by atoms with Gasteiger partial charge in [-0.15, -0.1) is 11.3 Å². The zero-order chi connectivity index (χ0) is 17.5. The summed E-state index contributed by atoms with van der Waals surface area (Å²) >= 11 is 7.17. The second-order valence-electron chi connectivity index (χ2n) is 5.49. The van der Waals surface area contributed by atoms with E-state index < -0.39 is 6.10 Å². The number of amides is 1. The summed E-state index contributed by atoms with van der Waals surface area (Å²) in [6, 6.07) is 3.68. The van der Waals surface area contributed by atoms with Gasteiger partial charge in [0.2, 0.25) is 0 Å². The number of hydrogen-bond acceptors (Lipinski definition) is 5. The molecule has 1 saturated heterocycles. The number of nitrogens with two attached hydrogens (primary N) is 1. The lowest BCUT2D eigenvalue weighted by Crippen LogP contribution is -2.48. The Morgan fingerprint density at radius 3 is 2.88 bits per heavy atom. The molecule has 1 aromatic rings. The van der Waals surface area contributed by atoms with E-state index in [1.807, 2.05) is 0 Å². The van der Waals surface area contributed by atoms with Crippen molar-refractivity contribution in [1.29, 1.82) is 0 Å². The van der Waals surface area contributed by atoms with Gasteiger partial charge < -0.3 is 25.8 Å². The Kier molecular flexibility index (Phi) is 7.14. The van der Waals surface area contributed by atoms with Gasteiger partial charge in [0.1, 0.15) is 6.10 Å². The van der Waals surface area contributed by atoms with Crippen LogP contribution in [0.15, 0.2) is 17.1 Å². The molecule has 1 aliphatic rings. The Balaban J connectivity index is 1.74. The van der Waals surface area contributed by atoms with Gasteiger partial charge in [-0.3, -0.25) is 4.99 Å². The number of aliphatic imine (C=N–C) groups is 1. The number of thiophene rings is 1. The van der Waals surface area contributed by atoms with Gasteiger partial charge in [0.15, 0.2) is 5.96 Å². The second kappa shape index (κ2) is 9.10. The van der Waals surface area contributed by atoms with Crippen LogP contribution in [-0.2, 0) is 4.74 Å². The van der Waals surface area contributed by atoms with Gasteiger partial charge in [0.05, 0.1) is 17.5 Å². The van der Waals surface area contributed by atoms with Gasteiger partial charge in [0.25, 0.3) is 0 Å². The first-order valence-electron chi connectivity index (χ1n) is 7.91. The van der Waals surface area contributed by atoms with E-state index in [9.17, 15) is 9.90 Å². The van der Waals surface area contributed by atoms with Crippen LogP contribution in [0.3, 0.4) is 0 Å². The Morgan fingerprint density at radius 1 is 1.58 bits per heavy atom. The molecule has 0 bridgehead atoms. The van der Waals surface area contributed by atoms with Gasteiger partial charge in [-0.05, 0) is 31.9 Å². The van der Waals surface area contributed by atoms with Crippen molar-refractivity contribution in [2.75, 3.05) is 26.2 Å². The number of ether oxygens (including phenoxy) is 1. The molecule has 2 rings (SSSR count). The van der Waals surface area contributed by atoms with Crippen molar-refractivity contribution < 1.29 is 14.6 Å². The first-order valence-corrected chi connectivity index (χ1v) is 9.10. The largest absolute Gasteiger partial charge is 0.450 e. The van der Waals surface area contributed by atoms with Crippen LogP contribution >= 0.6 is 22.9 Å². The monoisotopic (exact) mass is 374 g/mol. The third-order valence-electron chi connectivity index (χ3n) is 3.73. The van der Waals surface area contributed by atoms with E-state index in [1.165, 1.54) is 11.3 Å². The molecule has 0 aromatic carbocycles. The number of piperidine rings is 1. The SMILES string of the molecule is CCOC(=O)N1CCC(NC(N)=NCC(O)c2ccc(Cl)s2)CC1.